The van der Waals surface area contributed by atoms with Crippen LogP contribution in [0.3, 0.4) is 0 Å². The van der Waals surface area contributed by atoms with Crippen molar-refractivity contribution >= 4 is 38.6 Å². The summed E-state index contributed by atoms with van der Waals surface area (Å²) in [6.45, 7) is 6.84. The van der Waals surface area contributed by atoms with Crippen LogP contribution in [0.15, 0.2) is 66.7 Å². The Kier molecular flexibility index (Phi) is 5.41. The molecule has 2 aliphatic rings. The Morgan fingerprint density at radius 2 is 1.62 bits per heavy atom. The van der Waals surface area contributed by atoms with Crippen molar-refractivity contribution in [2.24, 2.45) is 11.8 Å². The van der Waals surface area contributed by atoms with E-state index in [9.17, 15) is 4.79 Å². The fraction of sp³-hybridized carbons (Fsp3) is 0.324. The van der Waals surface area contributed by atoms with E-state index in [1.54, 1.807) is 19.2 Å². The van der Waals surface area contributed by atoms with Gasteiger partial charge in [0.15, 0.2) is 5.78 Å². The van der Waals surface area contributed by atoms with E-state index in [1.807, 2.05) is 30.3 Å². The van der Waals surface area contributed by atoms with Crippen LogP contribution in [0.4, 0.5) is 0 Å². The lowest BCUT2D eigenvalue weighted by Crippen LogP contribution is -2.46. The lowest BCUT2D eigenvalue weighted by molar-refractivity contribution is -0.0115. The molecular weight excluding hydrogens is 484 g/mol. The zero-order valence-electron chi connectivity index (χ0n) is 22.8. The van der Waals surface area contributed by atoms with Crippen molar-refractivity contribution in [3.05, 3.63) is 83.4 Å². The van der Waals surface area contributed by atoms with E-state index in [-0.39, 0.29) is 11.4 Å². The van der Waals surface area contributed by atoms with Crippen molar-refractivity contribution in [3.8, 4) is 11.5 Å². The first-order valence-corrected chi connectivity index (χ1v) is 13.9. The van der Waals surface area contributed by atoms with Crippen LogP contribution in [0.2, 0.25) is 0 Å². The molecule has 0 N–H and O–H groups in total. The molecule has 1 fully saturated rings. The molecule has 0 radical (unpaired) electrons. The largest absolute Gasteiger partial charge is 0.497 e. The molecule has 196 valence electrons. The highest BCUT2D eigenvalue weighted by molar-refractivity contribution is 6.13. The fourth-order valence-electron chi connectivity index (χ4n) is 6.95. The minimum atomic E-state index is -0.253. The predicted molar refractivity (Wildman–Crippen MR) is 155 cm³/mol. The van der Waals surface area contributed by atoms with Crippen LogP contribution in [0.1, 0.15) is 67.4 Å². The van der Waals surface area contributed by atoms with Gasteiger partial charge in [0.05, 0.1) is 29.2 Å². The Hall–Kier alpha value is -3.99. The van der Waals surface area contributed by atoms with Crippen molar-refractivity contribution in [3.63, 3.8) is 0 Å². The summed E-state index contributed by atoms with van der Waals surface area (Å²) in [5, 5.41) is 2.15. The molecule has 0 spiro atoms. The minimum absolute atomic E-state index is 0.0479. The van der Waals surface area contributed by atoms with Gasteiger partial charge in [-0.2, -0.15) is 0 Å². The highest BCUT2D eigenvalue weighted by atomic mass is 16.5. The standard InChI is InChI=1S/C34H32N2O3/c1-19-9-15-26-25(17-19)29-31-30(23-7-5-6-8-24(23)33(29)39-34(26,2)3)35-27-16-12-21(18-28(27)36-31)32(37)20-10-13-22(38-4)14-11-20/h5-8,10-14,16,18-19,25-26H,9,15,17H2,1-4H3/t19-,25-,26-/m0/s1. The molecule has 0 amide bonds. The molecule has 0 saturated heterocycles. The summed E-state index contributed by atoms with van der Waals surface area (Å²) in [6, 6.07) is 21.2. The zero-order chi connectivity index (χ0) is 26.9. The van der Waals surface area contributed by atoms with Gasteiger partial charge < -0.3 is 9.47 Å². The number of hydrogen-bond acceptors (Lipinski definition) is 5. The number of aromatic nitrogens is 2. The number of benzene rings is 4. The summed E-state index contributed by atoms with van der Waals surface area (Å²) in [5.41, 5.74) is 5.47. The Morgan fingerprint density at radius 3 is 2.38 bits per heavy atom. The summed E-state index contributed by atoms with van der Waals surface area (Å²) < 4.78 is 12.1. The van der Waals surface area contributed by atoms with E-state index < -0.39 is 0 Å². The van der Waals surface area contributed by atoms with Gasteiger partial charge in [-0.3, -0.25) is 4.79 Å². The molecule has 1 aliphatic carbocycles. The topological polar surface area (TPSA) is 61.3 Å². The molecule has 2 heterocycles. The smallest absolute Gasteiger partial charge is 0.193 e. The van der Waals surface area contributed by atoms with Gasteiger partial charge in [0.25, 0.3) is 0 Å². The summed E-state index contributed by atoms with van der Waals surface area (Å²) in [5.74, 6) is 3.06. The molecule has 0 bridgehead atoms. The number of methoxy groups -OCH3 is 1. The lowest BCUT2D eigenvalue weighted by Gasteiger charge is -2.49. The number of fused-ring (bicyclic) bond motifs is 9. The second kappa shape index (κ2) is 8.77. The Balaban J connectivity index is 1.46. The molecule has 7 rings (SSSR count). The molecule has 0 unspecified atom stereocenters. The number of ketones is 1. The maximum atomic E-state index is 13.3. The highest BCUT2D eigenvalue weighted by Crippen LogP contribution is 2.56. The van der Waals surface area contributed by atoms with Crippen LogP contribution >= 0.6 is 0 Å². The first-order valence-electron chi connectivity index (χ1n) is 13.9. The van der Waals surface area contributed by atoms with Gasteiger partial charge in [-0.1, -0.05) is 37.6 Å². The third-order valence-corrected chi connectivity index (χ3v) is 8.95. The van der Waals surface area contributed by atoms with Crippen molar-refractivity contribution in [2.75, 3.05) is 7.11 Å². The molecule has 1 aliphatic heterocycles. The summed E-state index contributed by atoms with van der Waals surface area (Å²) >= 11 is 0. The molecule has 5 heteroatoms. The Bertz CT molecular complexity index is 1770. The first kappa shape index (κ1) is 24.1. The Morgan fingerprint density at radius 1 is 0.897 bits per heavy atom. The van der Waals surface area contributed by atoms with Crippen molar-refractivity contribution in [1.82, 2.24) is 9.97 Å². The molecule has 39 heavy (non-hydrogen) atoms. The van der Waals surface area contributed by atoms with Gasteiger partial charge in [-0.05, 0) is 81.0 Å². The van der Waals surface area contributed by atoms with Gasteiger partial charge in [0.1, 0.15) is 17.1 Å². The average Bonchev–Trinajstić information content (AvgIpc) is 2.95. The maximum Gasteiger partial charge on any atom is 0.193 e. The molecule has 5 aromatic rings. The van der Waals surface area contributed by atoms with Crippen LogP contribution < -0.4 is 9.47 Å². The van der Waals surface area contributed by atoms with Gasteiger partial charge in [-0.25, -0.2) is 9.97 Å². The minimum Gasteiger partial charge on any atom is -0.497 e. The predicted octanol–water partition coefficient (Wildman–Crippen LogP) is 7.87. The van der Waals surface area contributed by atoms with E-state index in [0.717, 1.165) is 57.2 Å². The lowest BCUT2D eigenvalue weighted by atomic mass is 9.64. The van der Waals surface area contributed by atoms with E-state index in [1.165, 1.54) is 12.0 Å². The van der Waals surface area contributed by atoms with Crippen LogP contribution in [-0.2, 0) is 0 Å². The quantitative estimate of drug-likeness (QED) is 0.139. The maximum absolute atomic E-state index is 13.3. The second-order valence-electron chi connectivity index (χ2n) is 11.8. The van der Waals surface area contributed by atoms with E-state index in [0.29, 0.717) is 28.9 Å². The third kappa shape index (κ3) is 3.78. The molecular formula is C34H32N2O3. The van der Waals surface area contributed by atoms with Crippen molar-refractivity contribution in [1.29, 1.82) is 0 Å². The molecule has 4 aromatic carbocycles. The van der Waals surface area contributed by atoms with Crippen molar-refractivity contribution < 1.29 is 14.3 Å². The second-order valence-corrected chi connectivity index (χ2v) is 11.8. The molecule has 1 aromatic heterocycles. The van der Waals surface area contributed by atoms with Gasteiger partial charge in [0.2, 0.25) is 0 Å². The van der Waals surface area contributed by atoms with Crippen LogP contribution in [0.5, 0.6) is 11.5 Å². The monoisotopic (exact) mass is 516 g/mol. The fourth-order valence-corrected chi connectivity index (χ4v) is 6.95. The summed E-state index contributed by atoms with van der Waals surface area (Å²) in [6.07, 6.45) is 3.49. The first-order chi connectivity index (χ1) is 18.8. The normalized spacial score (nSPS) is 21.8. The van der Waals surface area contributed by atoms with Crippen molar-refractivity contribution in [2.45, 2.75) is 51.6 Å². The summed E-state index contributed by atoms with van der Waals surface area (Å²) in [7, 11) is 1.62. The number of carbonyl (C=O) groups is 1. The van der Waals surface area contributed by atoms with Crippen LogP contribution in [0, 0.1) is 11.8 Å². The summed E-state index contributed by atoms with van der Waals surface area (Å²) in [4.78, 5) is 23.8. The highest BCUT2D eigenvalue weighted by Gasteiger charge is 2.47. The van der Waals surface area contributed by atoms with Crippen LogP contribution in [0.25, 0.3) is 32.8 Å². The van der Waals surface area contributed by atoms with Gasteiger partial charge >= 0.3 is 0 Å². The third-order valence-electron chi connectivity index (χ3n) is 8.95. The van der Waals surface area contributed by atoms with E-state index >= 15 is 0 Å². The van der Waals surface area contributed by atoms with Gasteiger partial charge in [-0.15, -0.1) is 0 Å². The average molecular weight is 517 g/mol. The molecule has 1 saturated carbocycles. The van der Waals surface area contributed by atoms with E-state index in [4.69, 9.17) is 19.4 Å². The SMILES string of the molecule is COc1ccc(C(=O)c2ccc3nc4c(nc3c2)c2c(c3ccccc34)OC(C)(C)[C@H]3CC[C@H](C)C[C@H]23)cc1. The number of hydrogen-bond donors (Lipinski definition) is 0. The molecule has 3 atom stereocenters. The number of ether oxygens (including phenoxy) is 2. The number of carbonyl (C=O) groups excluding carboxylic acids is 1. The zero-order valence-corrected chi connectivity index (χ0v) is 22.8. The number of rotatable bonds is 3. The molecule has 5 nitrogen and oxygen atoms in total. The van der Waals surface area contributed by atoms with Gasteiger partial charge in [0, 0.05) is 33.4 Å². The van der Waals surface area contributed by atoms with Crippen LogP contribution in [-0.4, -0.2) is 28.5 Å². The number of nitrogens with zero attached hydrogens (tertiary/aromatic N) is 2. The Labute approximate surface area is 228 Å². The van der Waals surface area contributed by atoms with E-state index in [2.05, 4.69) is 45.0 Å².